The zero-order chi connectivity index (χ0) is 14.7. The number of rotatable bonds is 5. The number of nitrogens with one attached hydrogen (secondary N) is 1. The van der Waals surface area contributed by atoms with Crippen molar-refractivity contribution in [3.05, 3.63) is 48.5 Å². The second-order valence-electron chi connectivity index (χ2n) is 4.96. The molecule has 0 aliphatic rings. The van der Waals surface area contributed by atoms with Gasteiger partial charge >= 0.3 is 0 Å². The van der Waals surface area contributed by atoms with Crippen LogP contribution in [0.2, 0.25) is 0 Å². The summed E-state index contributed by atoms with van der Waals surface area (Å²) >= 11 is 0. The van der Waals surface area contributed by atoms with Gasteiger partial charge in [0.25, 0.3) is 0 Å². The molecule has 6 heteroatoms. The molecule has 2 heterocycles. The lowest BCUT2D eigenvalue weighted by Gasteiger charge is -2.14. The normalized spacial score (nSPS) is 12.6. The van der Waals surface area contributed by atoms with Crippen molar-refractivity contribution in [3.8, 4) is 0 Å². The number of nitrogens with zero attached hydrogens (tertiary/aromatic N) is 4. The van der Waals surface area contributed by atoms with Crippen LogP contribution in [-0.2, 0) is 6.54 Å². The Morgan fingerprint density at radius 1 is 1.19 bits per heavy atom. The Hall–Kier alpha value is -2.47. The van der Waals surface area contributed by atoms with Crippen LogP contribution < -0.4 is 11.1 Å². The highest BCUT2D eigenvalue weighted by Crippen LogP contribution is 2.14. The van der Waals surface area contributed by atoms with Gasteiger partial charge in [-0.3, -0.25) is 0 Å². The Kier molecular flexibility index (Phi) is 3.79. The molecule has 0 spiro atoms. The lowest BCUT2D eigenvalue weighted by molar-refractivity contribution is 0.535. The number of aromatic nitrogens is 4. The molecular weight excluding hydrogens is 264 g/mol. The fourth-order valence-electron chi connectivity index (χ4n) is 2.32. The van der Waals surface area contributed by atoms with Crippen LogP contribution in [0, 0.1) is 0 Å². The zero-order valence-corrected chi connectivity index (χ0v) is 11.9. The van der Waals surface area contributed by atoms with Crippen LogP contribution in [0.25, 0.3) is 11.2 Å². The fraction of sp³-hybridized carbons (Fsp3) is 0.267. The molecule has 0 unspecified atom stereocenters. The molecule has 1 atom stereocenters. The van der Waals surface area contributed by atoms with E-state index in [4.69, 9.17) is 5.73 Å². The van der Waals surface area contributed by atoms with Crippen molar-refractivity contribution in [1.82, 2.24) is 24.8 Å². The number of benzene rings is 1. The molecule has 1 aromatic carbocycles. The van der Waals surface area contributed by atoms with E-state index >= 15 is 0 Å². The number of hydrogen-bond acceptors (Lipinski definition) is 5. The first-order valence-corrected chi connectivity index (χ1v) is 6.95. The van der Waals surface area contributed by atoms with Gasteiger partial charge in [-0.1, -0.05) is 30.3 Å². The van der Waals surface area contributed by atoms with Crippen LogP contribution in [0.15, 0.2) is 43.0 Å². The maximum absolute atomic E-state index is 5.78. The van der Waals surface area contributed by atoms with Crippen molar-refractivity contribution in [2.24, 2.45) is 0 Å². The van der Waals surface area contributed by atoms with E-state index in [1.54, 1.807) is 6.33 Å². The molecule has 0 saturated carbocycles. The smallest absolute Gasteiger partial charge is 0.165 e. The van der Waals surface area contributed by atoms with Gasteiger partial charge in [0.2, 0.25) is 0 Å². The molecule has 0 bridgehead atoms. The van der Waals surface area contributed by atoms with Crippen molar-refractivity contribution < 1.29 is 0 Å². The topological polar surface area (TPSA) is 81.7 Å². The molecule has 108 valence electrons. The summed E-state index contributed by atoms with van der Waals surface area (Å²) in [5.74, 6) is 0.421. The Labute approximate surface area is 123 Å². The molecule has 0 amide bonds. The first kappa shape index (κ1) is 13.5. The molecule has 3 aromatic rings. The van der Waals surface area contributed by atoms with Gasteiger partial charge in [-0.05, 0) is 12.5 Å². The summed E-state index contributed by atoms with van der Waals surface area (Å²) in [4.78, 5) is 12.4. The monoisotopic (exact) mass is 282 g/mol. The van der Waals surface area contributed by atoms with Gasteiger partial charge in [0.15, 0.2) is 11.5 Å². The summed E-state index contributed by atoms with van der Waals surface area (Å²) in [6, 6.07) is 10.7. The first-order valence-electron chi connectivity index (χ1n) is 6.95. The van der Waals surface area contributed by atoms with E-state index in [-0.39, 0.29) is 0 Å². The number of imidazole rings is 1. The maximum Gasteiger partial charge on any atom is 0.165 e. The molecule has 0 saturated heterocycles. The van der Waals surface area contributed by atoms with Gasteiger partial charge in [0.1, 0.15) is 11.8 Å². The third-order valence-electron chi connectivity index (χ3n) is 3.53. The number of hydrogen-bond donors (Lipinski definition) is 2. The highest BCUT2D eigenvalue weighted by molar-refractivity contribution is 5.81. The highest BCUT2D eigenvalue weighted by Gasteiger charge is 2.08. The summed E-state index contributed by atoms with van der Waals surface area (Å²) in [6.07, 6.45) is 3.22. The Morgan fingerprint density at radius 3 is 2.81 bits per heavy atom. The molecule has 3 rings (SSSR count). The third-order valence-corrected chi connectivity index (χ3v) is 3.53. The van der Waals surface area contributed by atoms with E-state index in [1.165, 1.54) is 11.9 Å². The Morgan fingerprint density at radius 2 is 2.00 bits per heavy atom. The molecule has 0 aliphatic carbocycles. The predicted molar refractivity (Wildman–Crippen MR) is 82.6 cm³/mol. The van der Waals surface area contributed by atoms with E-state index < -0.39 is 0 Å². The summed E-state index contributed by atoms with van der Waals surface area (Å²) in [5.41, 5.74) is 8.49. The highest BCUT2D eigenvalue weighted by atomic mass is 15.1. The number of fused-ring (bicyclic) bond motifs is 1. The SMILES string of the molecule is C[C@@H](NCCn1cnc2c(N)ncnc21)c1ccccc1. The van der Waals surface area contributed by atoms with Crippen LogP contribution >= 0.6 is 0 Å². The van der Waals surface area contributed by atoms with Crippen molar-refractivity contribution in [2.75, 3.05) is 12.3 Å². The van der Waals surface area contributed by atoms with Crippen LogP contribution in [0.5, 0.6) is 0 Å². The van der Waals surface area contributed by atoms with Gasteiger partial charge < -0.3 is 15.6 Å². The maximum atomic E-state index is 5.78. The van der Waals surface area contributed by atoms with E-state index in [0.29, 0.717) is 17.4 Å². The van der Waals surface area contributed by atoms with Crippen molar-refractivity contribution >= 4 is 17.0 Å². The lowest BCUT2D eigenvalue weighted by Crippen LogP contribution is -2.23. The zero-order valence-electron chi connectivity index (χ0n) is 11.9. The van der Waals surface area contributed by atoms with E-state index in [2.05, 4.69) is 51.5 Å². The quantitative estimate of drug-likeness (QED) is 0.745. The second-order valence-corrected chi connectivity index (χ2v) is 4.96. The molecule has 0 fully saturated rings. The minimum absolute atomic E-state index is 0.306. The summed E-state index contributed by atoms with van der Waals surface area (Å²) in [7, 11) is 0. The van der Waals surface area contributed by atoms with E-state index in [9.17, 15) is 0 Å². The van der Waals surface area contributed by atoms with E-state index in [0.717, 1.165) is 18.7 Å². The summed E-state index contributed by atoms with van der Waals surface area (Å²) < 4.78 is 1.98. The third kappa shape index (κ3) is 2.85. The molecule has 0 radical (unpaired) electrons. The molecule has 2 aromatic heterocycles. The molecule has 6 nitrogen and oxygen atoms in total. The van der Waals surface area contributed by atoms with Crippen molar-refractivity contribution in [1.29, 1.82) is 0 Å². The van der Waals surface area contributed by atoms with Gasteiger partial charge in [0, 0.05) is 19.1 Å². The molecule has 21 heavy (non-hydrogen) atoms. The Bertz CT molecular complexity index is 721. The van der Waals surface area contributed by atoms with Gasteiger partial charge in [0.05, 0.1) is 6.33 Å². The van der Waals surface area contributed by atoms with Crippen LogP contribution in [0.3, 0.4) is 0 Å². The minimum atomic E-state index is 0.306. The van der Waals surface area contributed by atoms with Crippen LogP contribution in [0.1, 0.15) is 18.5 Å². The second kappa shape index (κ2) is 5.88. The van der Waals surface area contributed by atoms with E-state index in [1.807, 2.05) is 10.6 Å². The van der Waals surface area contributed by atoms with Crippen LogP contribution in [-0.4, -0.2) is 26.1 Å². The van der Waals surface area contributed by atoms with Crippen molar-refractivity contribution in [2.45, 2.75) is 19.5 Å². The summed E-state index contributed by atoms with van der Waals surface area (Å²) in [5, 5.41) is 3.49. The molecular formula is C15H18N6. The molecule has 3 N–H and O–H groups in total. The average Bonchev–Trinajstić information content (AvgIpc) is 2.93. The molecule has 0 aliphatic heterocycles. The predicted octanol–water partition coefficient (Wildman–Crippen LogP) is 1.76. The average molecular weight is 282 g/mol. The fourth-order valence-corrected chi connectivity index (χ4v) is 2.32. The minimum Gasteiger partial charge on any atom is -0.382 e. The standard InChI is InChI=1S/C15H18N6/c1-11(12-5-3-2-4-6-12)17-7-8-21-10-20-13-14(16)18-9-19-15(13)21/h2-6,9-11,17H,7-8H2,1H3,(H2,16,18,19)/t11-/m1/s1. The number of nitrogen functional groups attached to an aromatic ring is 1. The number of nitrogens with two attached hydrogens (primary N) is 1. The largest absolute Gasteiger partial charge is 0.382 e. The first-order chi connectivity index (χ1) is 10.3. The summed E-state index contributed by atoms with van der Waals surface area (Å²) in [6.45, 7) is 3.76. The lowest BCUT2D eigenvalue weighted by atomic mass is 10.1. The number of anilines is 1. The van der Waals surface area contributed by atoms with Gasteiger partial charge in [-0.15, -0.1) is 0 Å². The van der Waals surface area contributed by atoms with Crippen LogP contribution in [0.4, 0.5) is 5.82 Å². The van der Waals surface area contributed by atoms with Crippen molar-refractivity contribution in [3.63, 3.8) is 0 Å². The Balaban J connectivity index is 1.64. The van der Waals surface area contributed by atoms with Gasteiger partial charge in [-0.2, -0.15) is 0 Å². The van der Waals surface area contributed by atoms with Gasteiger partial charge in [-0.25, -0.2) is 15.0 Å².